The lowest BCUT2D eigenvalue weighted by Gasteiger charge is -2.33. The Morgan fingerprint density at radius 1 is 1.05 bits per heavy atom. The van der Waals surface area contributed by atoms with Crippen molar-refractivity contribution in [1.29, 1.82) is 0 Å². The Morgan fingerprint density at radius 3 is 2.52 bits per heavy atom. The first-order valence-corrected chi connectivity index (χ1v) is 15.2. The van der Waals surface area contributed by atoms with Crippen molar-refractivity contribution in [2.75, 3.05) is 39.3 Å². The molecule has 0 unspecified atom stereocenters. The molecule has 1 aliphatic rings. The second kappa shape index (κ2) is 11.9. The van der Waals surface area contributed by atoms with Gasteiger partial charge in [-0.1, -0.05) is 26.8 Å². The van der Waals surface area contributed by atoms with Crippen LogP contribution < -0.4 is 10.3 Å². The Balaban J connectivity index is 1.59. The number of piperazine rings is 1. The fraction of sp³-hybridized carbons (Fsp3) is 0.429. The quantitative estimate of drug-likeness (QED) is 0.311. The van der Waals surface area contributed by atoms with Crippen LogP contribution in [-0.2, 0) is 23.0 Å². The minimum atomic E-state index is -3.75. The number of nitrogens with one attached hydrogen (secondary N) is 1. The van der Waals surface area contributed by atoms with E-state index in [2.05, 4.69) is 26.9 Å². The Morgan fingerprint density at radius 2 is 1.85 bits per heavy atom. The number of hydrogen-bond donors (Lipinski definition) is 1. The molecule has 4 aromatic rings. The highest BCUT2D eigenvalue weighted by Crippen LogP contribution is 2.32. The van der Waals surface area contributed by atoms with Crippen LogP contribution in [0.3, 0.4) is 0 Å². The first-order valence-electron chi connectivity index (χ1n) is 13.7. The summed E-state index contributed by atoms with van der Waals surface area (Å²) in [6, 6.07) is 10.4. The number of H-pyrrole nitrogens is 1. The highest BCUT2D eigenvalue weighted by Gasteiger charge is 2.29. The summed E-state index contributed by atoms with van der Waals surface area (Å²) >= 11 is 0. The van der Waals surface area contributed by atoms with Gasteiger partial charge in [0.25, 0.3) is 5.56 Å². The molecule has 40 heavy (non-hydrogen) atoms. The third kappa shape index (κ3) is 5.51. The molecule has 1 aromatic carbocycles. The summed E-state index contributed by atoms with van der Waals surface area (Å²) < 4.78 is 36.3. The van der Waals surface area contributed by atoms with Gasteiger partial charge in [-0.2, -0.15) is 9.40 Å². The van der Waals surface area contributed by atoms with Crippen LogP contribution in [0.4, 0.5) is 0 Å². The minimum Gasteiger partial charge on any atom is -0.493 e. The van der Waals surface area contributed by atoms with E-state index in [9.17, 15) is 13.2 Å². The molecule has 1 fully saturated rings. The van der Waals surface area contributed by atoms with Gasteiger partial charge in [-0.15, -0.1) is 0 Å². The Kier molecular flexibility index (Phi) is 8.29. The van der Waals surface area contributed by atoms with Gasteiger partial charge < -0.3 is 14.6 Å². The zero-order chi connectivity index (χ0) is 28.3. The van der Waals surface area contributed by atoms with Crippen molar-refractivity contribution in [2.45, 2.75) is 45.1 Å². The number of fused-ring (bicyclic) bond motifs is 1. The maximum absolute atomic E-state index is 13.6. The summed E-state index contributed by atoms with van der Waals surface area (Å²) in [6.07, 6.45) is 3.04. The van der Waals surface area contributed by atoms with Gasteiger partial charge in [0.1, 0.15) is 17.1 Å². The molecule has 0 saturated carbocycles. The fourth-order valence-corrected chi connectivity index (χ4v) is 6.35. The van der Waals surface area contributed by atoms with Gasteiger partial charge >= 0.3 is 0 Å². The summed E-state index contributed by atoms with van der Waals surface area (Å²) in [4.78, 5) is 27.9. The molecule has 11 nitrogen and oxygen atoms in total. The zero-order valence-corrected chi connectivity index (χ0v) is 23.9. The Hall–Kier alpha value is -3.61. The van der Waals surface area contributed by atoms with Crippen LogP contribution in [0.25, 0.3) is 22.4 Å². The summed E-state index contributed by atoms with van der Waals surface area (Å²) in [5.74, 6) is 0.696. The lowest BCUT2D eigenvalue weighted by atomic mass is 10.1. The summed E-state index contributed by atoms with van der Waals surface area (Å²) in [5.41, 5.74) is 2.31. The average molecular weight is 566 g/mol. The third-order valence-corrected chi connectivity index (χ3v) is 9.02. The van der Waals surface area contributed by atoms with Crippen molar-refractivity contribution in [3.63, 3.8) is 0 Å². The van der Waals surface area contributed by atoms with E-state index in [0.717, 1.165) is 18.7 Å². The Labute approximate surface area is 233 Å². The number of pyridine rings is 1. The number of likely N-dealkylation sites (N-methyl/N-ethyl adjacent to an activating group) is 1. The van der Waals surface area contributed by atoms with Crippen LogP contribution in [0.5, 0.6) is 5.75 Å². The molecule has 5 rings (SSSR count). The van der Waals surface area contributed by atoms with Gasteiger partial charge in [-0.05, 0) is 49.7 Å². The highest BCUT2D eigenvalue weighted by atomic mass is 32.2. The molecular weight excluding hydrogens is 530 g/mol. The second-order valence-electron chi connectivity index (χ2n) is 9.74. The molecule has 4 heterocycles. The number of sulfonamides is 1. The number of nitrogens with zero attached hydrogens (tertiary/aromatic N) is 6. The van der Waals surface area contributed by atoms with Crippen LogP contribution >= 0.6 is 0 Å². The van der Waals surface area contributed by atoms with E-state index in [1.807, 2.05) is 32.0 Å². The molecule has 0 atom stereocenters. The van der Waals surface area contributed by atoms with Crippen molar-refractivity contribution >= 4 is 21.1 Å². The van der Waals surface area contributed by atoms with Gasteiger partial charge in [0, 0.05) is 32.4 Å². The van der Waals surface area contributed by atoms with Gasteiger partial charge in [0.05, 0.1) is 35.0 Å². The number of benzene rings is 1. The summed E-state index contributed by atoms with van der Waals surface area (Å²) in [7, 11) is -3.75. The van der Waals surface area contributed by atoms with E-state index >= 15 is 0 Å². The summed E-state index contributed by atoms with van der Waals surface area (Å²) in [5, 5.41) is 4.66. The van der Waals surface area contributed by atoms with E-state index in [4.69, 9.17) is 9.72 Å². The molecule has 3 aromatic heterocycles. The molecule has 1 saturated heterocycles. The molecule has 0 radical (unpaired) electrons. The fourth-order valence-electron chi connectivity index (χ4n) is 4.90. The number of rotatable bonds is 10. The van der Waals surface area contributed by atoms with E-state index in [1.165, 1.54) is 4.31 Å². The Bertz CT molecular complexity index is 1640. The first-order chi connectivity index (χ1) is 19.3. The number of aromatic nitrogens is 5. The largest absolute Gasteiger partial charge is 0.493 e. The van der Waals surface area contributed by atoms with Crippen molar-refractivity contribution in [2.24, 2.45) is 0 Å². The normalized spacial score (nSPS) is 15.1. The standard InChI is InChI=1S/C28H35N7O4S/c1-4-17-39-24-11-10-21(40(37,38)34-15-13-33(6-3)14-16-34)18-22(24)27-30-25-23(5-2)32-35(26(25)28(36)31-27)19-20-9-7-8-12-29-20/h7-12,18H,4-6,13-17,19H2,1-3H3,(H,30,31,36). The van der Waals surface area contributed by atoms with Crippen LogP contribution in [0.1, 0.15) is 38.6 Å². The molecule has 212 valence electrons. The zero-order valence-electron chi connectivity index (χ0n) is 23.1. The molecule has 0 bridgehead atoms. The predicted molar refractivity (Wildman–Crippen MR) is 153 cm³/mol. The van der Waals surface area contributed by atoms with Crippen LogP contribution in [0.2, 0.25) is 0 Å². The van der Waals surface area contributed by atoms with Gasteiger partial charge in [0.2, 0.25) is 10.0 Å². The third-order valence-electron chi connectivity index (χ3n) is 7.12. The molecule has 0 aliphatic carbocycles. The monoisotopic (exact) mass is 565 g/mol. The minimum absolute atomic E-state index is 0.139. The van der Waals surface area contributed by atoms with Crippen LogP contribution in [-0.4, -0.2) is 81.7 Å². The van der Waals surface area contributed by atoms with E-state index in [1.54, 1.807) is 29.1 Å². The average Bonchev–Trinajstić information content (AvgIpc) is 3.34. The van der Waals surface area contributed by atoms with Crippen molar-refractivity contribution < 1.29 is 13.2 Å². The SMILES string of the molecule is CCCOc1ccc(S(=O)(=O)N2CCN(CC)CC2)cc1-c1nc2c(CC)nn(Cc3ccccn3)c2c(=O)[nH]1. The van der Waals surface area contributed by atoms with Crippen LogP contribution in [0, 0.1) is 0 Å². The maximum Gasteiger partial charge on any atom is 0.277 e. The molecule has 0 amide bonds. The smallest absolute Gasteiger partial charge is 0.277 e. The van der Waals surface area contributed by atoms with E-state index in [-0.39, 0.29) is 16.3 Å². The lowest BCUT2D eigenvalue weighted by molar-refractivity contribution is 0.196. The van der Waals surface area contributed by atoms with Crippen molar-refractivity contribution in [3.8, 4) is 17.1 Å². The molecule has 1 N–H and O–H groups in total. The predicted octanol–water partition coefficient (Wildman–Crippen LogP) is 2.91. The molecule has 1 aliphatic heterocycles. The van der Waals surface area contributed by atoms with Crippen LogP contribution in [0.15, 0.2) is 52.3 Å². The molecule has 12 heteroatoms. The number of hydrogen-bond acceptors (Lipinski definition) is 8. The van der Waals surface area contributed by atoms with E-state index < -0.39 is 10.0 Å². The molecular formula is C28H35N7O4S. The van der Waals surface area contributed by atoms with E-state index in [0.29, 0.717) is 73.8 Å². The first kappa shape index (κ1) is 27.9. The topological polar surface area (TPSA) is 126 Å². The highest BCUT2D eigenvalue weighted by molar-refractivity contribution is 7.89. The van der Waals surface area contributed by atoms with Crippen molar-refractivity contribution in [1.82, 2.24) is 33.9 Å². The molecule has 0 spiro atoms. The number of aryl methyl sites for hydroxylation is 1. The maximum atomic E-state index is 13.6. The van der Waals surface area contributed by atoms with Gasteiger partial charge in [-0.25, -0.2) is 13.4 Å². The second-order valence-corrected chi connectivity index (χ2v) is 11.7. The number of ether oxygens (including phenoxy) is 1. The summed E-state index contributed by atoms with van der Waals surface area (Å²) in [6.45, 7) is 9.90. The van der Waals surface area contributed by atoms with Gasteiger partial charge in [-0.3, -0.25) is 14.5 Å². The lowest BCUT2D eigenvalue weighted by Crippen LogP contribution is -2.48. The number of aromatic amines is 1. The van der Waals surface area contributed by atoms with Gasteiger partial charge in [0.15, 0.2) is 5.52 Å². The van der Waals surface area contributed by atoms with Crippen molar-refractivity contribution in [3.05, 3.63) is 64.3 Å².